The second-order valence-electron chi connectivity index (χ2n) is 5.15. The second-order valence-corrected chi connectivity index (χ2v) is 5.15. The summed E-state index contributed by atoms with van der Waals surface area (Å²) in [6.45, 7) is 2.86. The summed E-state index contributed by atoms with van der Waals surface area (Å²) in [5, 5.41) is 5.86. The van der Waals surface area contributed by atoms with Crippen molar-refractivity contribution in [1.82, 2.24) is 5.32 Å². The fourth-order valence-corrected chi connectivity index (χ4v) is 2.17. The summed E-state index contributed by atoms with van der Waals surface area (Å²) in [6, 6.07) is 14.7. The molecule has 0 aromatic heterocycles. The Morgan fingerprint density at radius 3 is 2.61 bits per heavy atom. The largest absolute Gasteiger partial charge is 0.465 e. The van der Waals surface area contributed by atoms with Crippen LogP contribution >= 0.6 is 0 Å². The minimum absolute atomic E-state index is 0.166. The number of rotatable bonds is 6. The third-order valence-electron chi connectivity index (χ3n) is 3.43. The molecule has 0 radical (unpaired) electrons. The lowest BCUT2D eigenvalue weighted by Crippen LogP contribution is -2.28. The van der Waals surface area contributed by atoms with Crippen molar-refractivity contribution in [3.63, 3.8) is 0 Å². The van der Waals surface area contributed by atoms with Crippen LogP contribution in [-0.4, -0.2) is 25.5 Å². The number of methoxy groups -OCH3 is 1. The number of nitrogens with one attached hydrogen (secondary N) is 2. The molecule has 2 aromatic carbocycles. The third kappa shape index (κ3) is 4.93. The van der Waals surface area contributed by atoms with Crippen LogP contribution < -0.4 is 10.6 Å². The highest BCUT2D eigenvalue weighted by atomic mass is 16.5. The molecule has 0 aliphatic heterocycles. The number of benzene rings is 2. The zero-order chi connectivity index (χ0) is 16.7. The smallest absolute Gasteiger partial charge is 0.337 e. The van der Waals surface area contributed by atoms with Gasteiger partial charge < -0.3 is 15.4 Å². The van der Waals surface area contributed by atoms with Crippen LogP contribution in [0, 0.1) is 6.92 Å². The molecule has 0 atom stereocenters. The van der Waals surface area contributed by atoms with Gasteiger partial charge in [-0.15, -0.1) is 0 Å². The quantitative estimate of drug-likeness (QED) is 0.804. The minimum Gasteiger partial charge on any atom is -0.465 e. The first kappa shape index (κ1) is 16.7. The van der Waals surface area contributed by atoms with Gasteiger partial charge in [-0.2, -0.15) is 0 Å². The van der Waals surface area contributed by atoms with Gasteiger partial charge in [-0.1, -0.05) is 30.3 Å². The maximum Gasteiger partial charge on any atom is 0.337 e. The Morgan fingerprint density at radius 1 is 1.09 bits per heavy atom. The molecular formula is C18H20N2O3. The average molecular weight is 312 g/mol. The molecule has 120 valence electrons. The van der Waals surface area contributed by atoms with E-state index < -0.39 is 5.97 Å². The third-order valence-corrected chi connectivity index (χ3v) is 3.43. The molecule has 0 saturated carbocycles. The van der Waals surface area contributed by atoms with Crippen molar-refractivity contribution in [2.75, 3.05) is 19.0 Å². The van der Waals surface area contributed by atoms with E-state index in [1.165, 1.54) is 12.7 Å². The van der Waals surface area contributed by atoms with E-state index in [1.807, 2.05) is 31.2 Å². The summed E-state index contributed by atoms with van der Waals surface area (Å²) >= 11 is 0. The minimum atomic E-state index is -0.432. The number of ether oxygens (including phenoxy) is 1. The number of hydrogen-bond acceptors (Lipinski definition) is 4. The van der Waals surface area contributed by atoms with Crippen molar-refractivity contribution in [1.29, 1.82) is 0 Å². The first-order chi connectivity index (χ1) is 11.1. The molecule has 1 amide bonds. The molecule has 23 heavy (non-hydrogen) atoms. The van der Waals surface area contributed by atoms with Crippen molar-refractivity contribution in [3.05, 3.63) is 65.2 Å². The van der Waals surface area contributed by atoms with E-state index >= 15 is 0 Å². The summed E-state index contributed by atoms with van der Waals surface area (Å²) in [5.74, 6) is -0.598. The van der Waals surface area contributed by atoms with Crippen LogP contribution in [0.15, 0.2) is 48.5 Å². The highest BCUT2D eigenvalue weighted by Gasteiger charge is 2.07. The van der Waals surface area contributed by atoms with Crippen LogP contribution in [0.3, 0.4) is 0 Å². The Morgan fingerprint density at radius 2 is 1.87 bits per heavy atom. The van der Waals surface area contributed by atoms with Gasteiger partial charge in [-0.3, -0.25) is 4.79 Å². The van der Waals surface area contributed by atoms with Crippen molar-refractivity contribution in [3.8, 4) is 0 Å². The van der Waals surface area contributed by atoms with E-state index in [-0.39, 0.29) is 12.5 Å². The monoisotopic (exact) mass is 312 g/mol. The van der Waals surface area contributed by atoms with E-state index in [9.17, 15) is 9.59 Å². The lowest BCUT2D eigenvalue weighted by Gasteiger charge is -2.09. The number of aryl methyl sites for hydroxylation is 1. The normalized spacial score (nSPS) is 10.2. The Hall–Kier alpha value is -2.66. The Balaban J connectivity index is 1.85. The number of amides is 1. The van der Waals surface area contributed by atoms with Crippen LogP contribution in [0.4, 0.5) is 5.69 Å². The SMILES string of the molecule is COC(=O)c1cccc(NC(=O)CNCc2ccccc2C)c1. The van der Waals surface area contributed by atoms with Gasteiger partial charge in [0.25, 0.3) is 0 Å². The van der Waals surface area contributed by atoms with Crippen molar-refractivity contribution in [2.45, 2.75) is 13.5 Å². The Bertz CT molecular complexity index is 698. The van der Waals surface area contributed by atoms with Crippen LogP contribution in [-0.2, 0) is 16.1 Å². The van der Waals surface area contributed by atoms with Crippen LogP contribution in [0.25, 0.3) is 0 Å². The molecule has 0 unspecified atom stereocenters. The van der Waals surface area contributed by atoms with Gasteiger partial charge in [-0.25, -0.2) is 4.79 Å². The predicted molar refractivity (Wildman–Crippen MR) is 89.3 cm³/mol. The number of carbonyl (C=O) groups is 2. The maximum absolute atomic E-state index is 11.9. The molecule has 2 N–H and O–H groups in total. The molecule has 2 aromatic rings. The average Bonchev–Trinajstić information content (AvgIpc) is 2.56. The van der Waals surface area contributed by atoms with Gasteiger partial charge in [0.05, 0.1) is 19.2 Å². The summed E-state index contributed by atoms with van der Waals surface area (Å²) in [5.41, 5.74) is 3.31. The molecule has 0 heterocycles. The van der Waals surface area contributed by atoms with Crippen LogP contribution in [0.5, 0.6) is 0 Å². The molecule has 0 saturated heterocycles. The zero-order valence-corrected chi connectivity index (χ0v) is 13.3. The number of carbonyl (C=O) groups excluding carboxylic acids is 2. The van der Waals surface area contributed by atoms with Crippen LogP contribution in [0.1, 0.15) is 21.5 Å². The van der Waals surface area contributed by atoms with Gasteiger partial charge in [0.1, 0.15) is 0 Å². The molecule has 5 heteroatoms. The number of anilines is 1. The topological polar surface area (TPSA) is 67.4 Å². The number of hydrogen-bond donors (Lipinski definition) is 2. The molecule has 0 aliphatic rings. The highest BCUT2D eigenvalue weighted by Crippen LogP contribution is 2.11. The van der Waals surface area contributed by atoms with Gasteiger partial charge in [-0.05, 0) is 36.2 Å². The standard InChI is InChI=1S/C18H20N2O3/c1-13-6-3-4-7-15(13)11-19-12-17(21)20-16-9-5-8-14(10-16)18(22)23-2/h3-10,19H,11-12H2,1-2H3,(H,20,21). The van der Waals surface area contributed by atoms with E-state index in [4.69, 9.17) is 0 Å². The summed E-state index contributed by atoms with van der Waals surface area (Å²) in [4.78, 5) is 23.4. The van der Waals surface area contributed by atoms with E-state index in [1.54, 1.807) is 24.3 Å². The lowest BCUT2D eigenvalue weighted by molar-refractivity contribution is -0.115. The second kappa shape index (κ2) is 8.10. The first-order valence-electron chi connectivity index (χ1n) is 7.33. The van der Waals surface area contributed by atoms with E-state index in [2.05, 4.69) is 15.4 Å². The molecular weight excluding hydrogens is 292 g/mol. The summed E-state index contributed by atoms with van der Waals surface area (Å²) in [7, 11) is 1.32. The summed E-state index contributed by atoms with van der Waals surface area (Å²) in [6.07, 6.45) is 0. The Labute approximate surface area is 135 Å². The maximum atomic E-state index is 11.9. The fourth-order valence-electron chi connectivity index (χ4n) is 2.17. The Kier molecular flexibility index (Phi) is 5.88. The molecule has 0 aliphatic carbocycles. The highest BCUT2D eigenvalue weighted by molar-refractivity contribution is 5.95. The molecule has 2 rings (SSSR count). The van der Waals surface area contributed by atoms with E-state index in [0.29, 0.717) is 17.8 Å². The van der Waals surface area contributed by atoms with Gasteiger partial charge in [0.15, 0.2) is 0 Å². The van der Waals surface area contributed by atoms with Crippen LogP contribution in [0.2, 0.25) is 0 Å². The van der Waals surface area contributed by atoms with Gasteiger partial charge in [0, 0.05) is 12.2 Å². The van der Waals surface area contributed by atoms with Crippen molar-refractivity contribution in [2.24, 2.45) is 0 Å². The predicted octanol–water partition coefficient (Wildman–Crippen LogP) is 2.51. The first-order valence-corrected chi connectivity index (χ1v) is 7.33. The zero-order valence-electron chi connectivity index (χ0n) is 13.3. The van der Waals surface area contributed by atoms with Crippen molar-refractivity contribution < 1.29 is 14.3 Å². The van der Waals surface area contributed by atoms with Crippen molar-refractivity contribution >= 4 is 17.6 Å². The fraction of sp³-hybridized carbons (Fsp3) is 0.222. The summed E-state index contributed by atoms with van der Waals surface area (Å²) < 4.78 is 4.66. The molecule has 0 spiro atoms. The molecule has 0 bridgehead atoms. The lowest BCUT2D eigenvalue weighted by atomic mass is 10.1. The van der Waals surface area contributed by atoms with E-state index in [0.717, 1.165) is 5.56 Å². The number of esters is 1. The molecule has 5 nitrogen and oxygen atoms in total. The van der Waals surface area contributed by atoms with Gasteiger partial charge in [0.2, 0.25) is 5.91 Å². The molecule has 0 fully saturated rings. The van der Waals surface area contributed by atoms with Gasteiger partial charge >= 0.3 is 5.97 Å².